The summed E-state index contributed by atoms with van der Waals surface area (Å²) in [6.45, 7) is 0. The van der Waals surface area contributed by atoms with E-state index in [-0.39, 0.29) is 0 Å². The van der Waals surface area contributed by atoms with Gasteiger partial charge in [0.25, 0.3) is 0 Å². The fourth-order valence-corrected chi connectivity index (χ4v) is 2.88. The maximum atomic E-state index is 11.8. The van der Waals surface area contributed by atoms with Crippen LogP contribution in [0.2, 0.25) is 5.02 Å². The maximum absolute atomic E-state index is 11.8. The first-order valence-corrected chi connectivity index (χ1v) is 7.16. The van der Waals surface area contributed by atoms with E-state index in [0.717, 1.165) is 10.4 Å². The van der Waals surface area contributed by atoms with Crippen molar-refractivity contribution in [3.05, 3.63) is 68.6 Å². The quantitative estimate of drug-likeness (QED) is 0.500. The van der Waals surface area contributed by atoms with Crippen LogP contribution in [0.5, 0.6) is 0 Å². The number of benzene rings is 1. The zero-order valence-electron chi connectivity index (χ0n) is 10.7. The second-order valence-electron chi connectivity index (χ2n) is 4.27. The molecule has 0 spiro atoms. The number of hydrogen-bond acceptors (Lipinski definition) is 4. The highest BCUT2D eigenvalue weighted by atomic mass is 35.5. The number of halogens is 1. The van der Waals surface area contributed by atoms with Crippen LogP contribution < -0.4 is 0 Å². The minimum absolute atomic E-state index is 0.375. The van der Waals surface area contributed by atoms with Crippen molar-refractivity contribution in [2.75, 3.05) is 0 Å². The Morgan fingerprint density at radius 1 is 1.19 bits per heavy atom. The molecule has 0 unspecified atom stereocenters. The van der Waals surface area contributed by atoms with Crippen LogP contribution in [-0.2, 0) is 11.2 Å². The zero-order valence-corrected chi connectivity index (χ0v) is 12.3. The van der Waals surface area contributed by atoms with Crippen molar-refractivity contribution in [3.63, 3.8) is 0 Å². The number of aliphatic carboxylic acids is 1. The molecule has 0 radical (unpaired) electrons. The van der Waals surface area contributed by atoms with Gasteiger partial charge >= 0.3 is 5.97 Å². The Kier molecular flexibility index (Phi) is 4.77. The van der Waals surface area contributed by atoms with Crippen LogP contribution in [0.15, 0.2) is 48.2 Å². The Labute approximate surface area is 129 Å². The predicted molar refractivity (Wildman–Crippen MR) is 81.3 cm³/mol. The van der Waals surface area contributed by atoms with Crippen LogP contribution in [0.3, 0.4) is 0 Å². The third kappa shape index (κ3) is 4.18. The van der Waals surface area contributed by atoms with Crippen LogP contribution in [0.4, 0.5) is 0 Å². The second kappa shape index (κ2) is 6.56. The summed E-state index contributed by atoms with van der Waals surface area (Å²) >= 11 is 7.17. The summed E-state index contributed by atoms with van der Waals surface area (Å²) in [6.07, 6.45) is 1.34. The van der Waals surface area contributed by atoms with Gasteiger partial charge in [0.1, 0.15) is 0 Å². The van der Waals surface area contributed by atoms with Crippen molar-refractivity contribution < 1.29 is 19.8 Å². The first kappa shape index (κ1) is 15.3. The first-order valence-electron chi connectivity index (χ1n) is 5.97. The van der Waals surface area contributed by atoms with Crippen molar-refractivity contribution in [2.24, 2.45) is 0 Å². The lowest BCUT2D eigenvalue weighted by molar-refractivity contribution is -0.135. The zero-order chi connectivity index (χ0) is 15.4. The van der Waals surface area contributed by atoms with E-state index in [1.54, 1.807) is 18.2 Å². The Morgan fingerprint density at radius 2 is 1.95 bits per heavy atom. The fraction of sp³-hybridized carbons (Fsp3) is 0.0667. The third-order valence-corrected chi connectivity index (χ3v) is 3.99. The second-order valence-corrected chi connectivity index (χ2v) is 5.88. The summed E-state index contributed by atoms with van der Waals surface area (Å²) in [6, 6.07) is 10.8. The Hall–Kier alpha value is -2.11. The number of rotatable bonds is 5. The van der Waals surface area contributed by atoms with Crippen LogP contribution in [0.1, 0.15) is 20.1 Å². The molecule has 21 heavy (non-hydrogen) atoms. The molecule has 0 saturated heterocycles. The minimum atomic E-state index is -1.53. The van der Waals surface area contributed by atoms with Gasteiger partial charge < -0.3 is 10.2 Å². The van der Waals surface area contributed by atoms with E-state index in [0.29, 0.717) is 22.4 Å². The molecule has 0 aliphatic carbocycles. The van der Waals surface area contributed by atoms with E-state index in [2.05, 4.69) is 0 Å². The number of carboxylic acid groups (broad SMARTS) is 1. The highest BCUT2D eigenvalue weighted by Crippen LogP contribution is 2.22. The number of allylic oxidation sites excluding steroid dienone is 1. The van der Waals surface area contributed by atoms with Gasteiger partial charge in [0.05, 0.1) is 4.88 Å². The molecule has 4 nitrogen and oxygen atoms in total. The van der Waals surface area contributed by atoms with Gasteiger partial charge in [0.2, 0.25) is 5.76 Å². The van der Waals surface area contributed by atoms with Gasteiger partial charge in [-0.05, 0) is 29.8 Å². The summed E-state index contributed by atoms with van der Waals surface area (Å²) in [5.74, 6) is -3.03. The van der Waals surface area contributed by atoms with Gasteiger partial charge in [0, 0.05) is 22.4 Å². The molecule has 1 aromatic carbocycles. The standard InChI is InChI=1S/C15H11ClO4S/c16-10-3-1-2-9(6-10)7-11-4-5-14(21-11)12(17)8-13(18)15(19)20/h1-6,8,18H,7H2,(H,19,20). The molecule has 108 valence electrons. The molecule has 0 atom stereocenters. The average molecular weight is 323 g/mol. The summed E-state index contributed by atoms with van der Waals surface area (Å²) < 4.78 is 0. The number of aliphatic hydroxyl groups excluding tert-OH is 1. The van der Waals surface area contributed by atoms with Crippen LogP contribution >= 0.6 is 22.9 Å². The van der Waals surface area contributed by atoms with Crippen molar-refractivity contribution in [3.8, 4) is 0 Å². The first-order chi connectivity index (χ1) is 9.95. The number of thiophene rings is 1. The number of carbonyl (C=O) groups is 2. The Morgan fingerprint density at radius 3 is 2.62 bits per heavy atom. The lowest BCUT2D eigenvalue weighted by Crippen LogP contribution is -2.02. The number of carboxylic acids is 1. The molecule has 0 aliphatic heterocycles. The van der Waals surface area contributed by atoms with Crippen molar-refractivity contribution in [1.82, 2.24) is 0 Å². The summed E-state index contributed by atoms with van der Waals surface area (Å²) in [5.41, 5.74) is 1.02. The van der Waals surface area contributed by atoms with Gasteiger partial charge in [-0.3, -0.25) is 4.79 Å². The molecular weight excluding hydrogens is 312 g/mol. The number of carbonyl (C=O) groups excluding carboxylic acids is 1. The van der Waals surface area contributed by atoms with E-state index in [4.69, 9.17) is 21.8 Å². The molecule has 0 aliphatic rings. The smallest absolute Gasteiger partial charge is 0.371 e. The molecule has 0 fully saturated rings. The molecule has 1 aromatic heterocycles. The van der Waals surface area contributed by atoms with Gasteiger partial charge in [0.15, 0.2) is 5.78 Å². The van der Waals surface area contributed by atoms with Gasteiger partial charge in [-0.1, -0.05) is 23.7 Å². The van der Waals surface area contributed by atoms with E-state index in [9.17, 15) is 9.59 Å². The largest absolute Gasteiger partial charge is 0.502 e. The summed E-state index contributed by atoms with van der Waals surface area (Å²) in [7, 11) is 0. The average Bonchev–Trinajstić information content (AvgIpc) is 2.87. The molecule has 0 saturated carbocycles. The lowest BCUT2D eigenvalue weighted by Gasteiger charge is -1.99. The Balaban J connectivity index is 2.13. The fourth-order valence-electron chi connectivity index (χ4n) is 1.71. The molecule has 2 aromatic rings. The van der Waals surface area contributed by atoms with Gasteiger partial charge in [-0.25, -0.2) is 4.79 Å². The van der Waals surface area contributed by atoms with E-state index in [1.807, 2.05) is 18.2 Å². The molecule has 6 heteroatoms. The number of hydrogen-bond donors (Lipinski definition) is 2. The molecule has 1 heterocycles. The third-order valence-electron chi connectivity index (χ3n) is 2.66. The van der Waals surface area contributed by atoms with Gasteiger partial charge in [-0.15, -0.1) is 11.3 Å². The molecular formula is C15H11ClO4S. The number of aliphatic hydroxyl groups is 1. The SMILES string of the molecule is O=C(O)C(O)=CC(=O)c1ccc(Cc2cccc(Cl)c2)s1. The number of ketones is 1. The van der Waals surface area contributed by atoms with E-state index < -0.39 is 17.5 Å². The Bertz CT molecular complexity index is 718. The molecule has 2 N–H and O–H groups in total. The lowest BCUT2D eigenvalue weighted by atomic mass is 10.1. The van der Waals surface area contributed by atoms with Crippen LogP contribution in [-0.4, -0.2) is 22.0 Å². The summed E-state index contributed by atoms with van der Waals surface area (Å²) in [4.78, 5) is 23.6. The highest BCUT2D eigenvalue weighted by Gasteiger charge is 2.12. The minimum Gasteiger partial charge on any atom is -0.502 e. The van der Waals surface area contributed by atoms with Crippen LogP contribution in [0, 0.1) is 0 Å². The molecule has 0 bridgehead atoms. The topological polar surface area (TPSA) is 74.6 Å². The molecule has 2 rings (SSSR count). The highest BCUT2D eigenvalue weighted by molar-refractivity contribution is 7.14. The predicted octanol–water partition coefficient (Wildman–Crippen LogP) is 3.70. The summed E-state index contributed by atoms with van der Waals surface area (Å²) in [5, 5.41) is 18.2. The van der Waals surface area contributed by atoms with Gasteiger partial charge in [-0.2, -0.15) is 0 Å². The maximum Gasteiger partial charge on any atom is 0.371 e. The van der Waals surface area contributed by atoms with Crippen molar-refractivity contribution in [2.45, 2.75) is 6.42 Å². The van der Waals surface area contributed by atoms with Crippen LogP contribution in [0.25, 0.3) is 0 Å². The van der Waals surface area contributed by atoms with E-state index in [1.165, 1.54) is 11.3 Å². The van der Waals surface area contributed by atoms with Crippen molar-refractivity contribution in [1.29, 1.82) is 0 Å². The van der Waals surface area contributed by atoms with Crippen molar-refractivity contribution >= 4 is 34.7 Å². The normalized spacial score (nSPS) is 11.4. The molecule has 0 amide bonds. The van der Waals surface area contributed by atoms with E-state index >= 15 is 0 Å². The monoisotopic (exact) mass is 322 g/mol.